The molecule has 0 bridgehead atoms. The molecule has 0 spiro atoms. The average molecular weight is 303 g/mol. The summed E-state index contributed by atoms with van der Waals surface area (Å²) in [6.07, 6.45) is 0. The number of carbonyl (C=O) groups is 1. The van der Waals surface area contributed by atoms with Gasteiger partial charge in [-0.2, -0.15) is 0 Å². The third kappa shape index (κ3) is 4.33. The first-order chi connectivity index (χ1) is 8.06. The van der Waals surface area contributed by atoms with Crippen LogP contribution in [0.25, 0.3) is 0 Å². The minimum absolute atomic E-state index is 0.178. The molecule has 0 aliphatic heterocycles. The van der Waals surface area contributed by atoms with Crippen LogP contribution in [-0.4, -0.2) is 32.8 Å². The van der Waals surface area contributed by atoms with Crippen molar-refractivity contribution in [2.45, 2.75) is 6.04 Å². The summed E-state index contributed by atoms with van der Waals surface area (Å²) in [6, 6.07) is 4.58. The van der Waals surface area contributed by atoms with E-state index in [9.17, 15) is 4.79 Å². The number of anilines is 1. The normalized spacial score (nSPS) is 12.0. The monoisotopic (exact) mass is 302 g/mol. The van der Waals surface area contributed by atoms with Crippen LogP contribution in [0.15, 0.2) is 22.7 Å². The van der Waals surface area contributed by atoms with Crippen LogP contribution in [0, 0.1) is 0 Å². The van der Waals surface area contributed by atoms with Gasteiger partial charge < -0.3 is 20.5 Å². The Morgan fingerprint density at radius 2 is 2.18 bits per heavy atom. The molecule has 1 rings (SSSR count). The SMILES string of the molecule is COCC(N)C(=O)Nc1cc(Br)cc(OC)c1. The van der Waals surface area contributed by atoms with E-state index in [0.717, 1.165) is 4.47 Å². The first-order valence-electron chi connectivity index (χ1n) is 4.96. The Morgan fingerprint density at radius 3 is 2.76 bits per heavy atom. The number of halogens is 1. The first-order valence-corrected chi connectivity index (χ1v) is 5.76. The summed E-state index contributed by atoms with van der Waals surface area (Å²) in [6.45, 7) is 0.178. The molecule has 5 nitrogen and oxygen atoms in total. The largest absolute Gasteiger partial charge is 0.497 e. The van der Waals surface area contributed by atoms with E-state index in [1.165, 1.54) is 7.11 Å². The van der Waals surface area contributed by atoms with E-state index in [1.807, 2.05) is 0 Å². The van der Waals surface area contributed by atoms with Gasteiger partial charge in [-0.3, -0.25) is 4.79 Å². The molecule has 17 heavy (non-hydrogen) atoms. The fourth-order valence-corrected chi connectivity index (χ4v) is 1.72. The zero-order chi connectivity index (χ0) is 12.8. The van der Waals surface area contributed by atoms with Crippen molar-refractivity contribution in [1.29, 1.82) is 0 Å². The van der Waals surface area contributed by atoms with Gasteiger partial charge in [-0.05, 0) is 12.1 Å². The van der Waals surface area contributed by atoms with Crippen LogP contribution in [0.5, 0.6) is 5.75 Å². The van der Waals surface area contributed by atoms with Gasteiger partial charge in [0.25, 0.3) is 0 Å². The van der Waals surface area contributed by atoms with Crippen molar-refractivity contribution < 1.29 is 14.3 Å². The van der Waals surface area contributed by atoms with Gasteiger partial charge in [0.15, 0.2) is 0 Å². The standard InChI is InChI=1S/C11H15BrN2O3/c1-16-6-10(13)11(15)14-8-3-7(12)4-9(5-8)17-2/h3-5,10H,6,13H2,1-2H3,(H,14,15). The van der Waals surface area contributed by atoms with Crippen LogP contribution in [0.3, 0.4) is 0 Å². The molecular formula is C11H15BrN2O3. The maximum Gasteiger partial charge on any atom is 0.243 e. The molecule has 6 heteroatoms. The molecule has 0 fully saturated rings. The van der Waals surface area contributed by atoms with Gasteiger partial charge >= 0.3 is 0 Å². The van der Waals surface area contributed by atoms with Crippen LogP contribution in [0.4, 0.5) is 5.69 Å². The first kappa shape index (κ1) is 14.0. The van der Waals surface area contributed by atoms with Gasteiger partial charge in [0.2, 0.25) is 5.91 Å². The molecule has 1 amide bonds. The highest BCUT2D eigenvalue weighted by Crippen LogP contribution is 2.24. The third-order valence-corrected chi connectivity index (χ3v) is 2.52. The predicted octanol–water partition coefficient (Wildman–Crippen LogP) is 1.37. The zero-order valence-electron chi connectivity index (χ0n) is 9.70. The summed E-state index contributed by atoms with van der Waals surface area (Å²) in [5.41, 5.74) is 6.22. The minimum atomic E-state index is -0.690. The van der Waals surface area contributed by atoms with Crippen LogP contribution in [0.1, 0.15) is 0 Å². The van der Waals surface area contributed by atoms with Crippen molar-refractivity contribution in [3.05, 3.63) is 22.7 Å². The van der Waals surface area contributed by atoms with E-state index in [0.29, 0.717) is 11.4 Å². The summed E-state index contributed by atoms with van der Waals surface area (Å²) in [4.78, 5) is 11.6. The fourth-order valence-electron chi connectivity index (χ4n) is 1.24. The molecule has 1 aromatic carbocycles. The zero-order valence-corrected chi connectivity index (χ0v) is 11.3. The molecule has 1 aromatic rings. The topological polar surface area (TPSA) is 73.6 Å². The molecule has 0 aliphatic carbocycles. The van der Waals surface area contributed by atoms with Crippen molar-refractivity contribution in [3.63, 3.8) is 0 Å². The van der Waals surface area contributed by atoms with Gasteiger partial charge in [0, 0.05) is 23.3 Å². The highest BCUT2D eigenvalue weighted by Gasteiger charge is 2.13. The van der Waals surface area contributed by atoms with Crippen molar-refractivity contribution >= 4 is 27.5 Å². The predicted molar refractivity (Wildman–Crippen MR) is 69.2 cm³/mol. The van der Waals surface area contributed by atoms with Gasteiger partial charge in [0.1, 0.15) is 11.8 Å². The number of nitrogens with two attached hydrogens (primary N) is 1. The summed E-state index contributed by atoms with van der Waals surface area (Å²) in [7, 11) is 3.05. The fraction of sp³-hybridized carbons (Fsp3) is 0.364. The van der Waals surface area contributed by atoms with E-state index in [-0.39, 0.29) is 12.5 Å². The van der Waals surface area contributed by atoms with Crippen LogP contribution in [-0.2, 0) is 9.53 Å². The number of carbonyl (C=O) groups excluding carboxylic acids is 1. The highest BCUT2D eigenvalue weighted by atomic mass is 79.9. The lowest BCUT2D eigenvalue weighted by Crippen LogP contribution is -2.39. The molecule has 0 saturated carbocycles. The quantitative estimate of drug-likeness (QED) is 0.861. The van der Waals surface area contributed by atoms with Crippen molar-refractivity contribution in [3.8, 4) is 5.75 Å². The molecule has 3 N–H and O–H groups in total. The Balaban J connectivity index is 2.74. The molecule has 0 saturated heterocycles. The lowest BCUT2D eigenvalue weighted by molar-refractivity contribution is -0.118. The Hall–Kier alpha value is -1.11. The van der Waals surface area contributed by atoms with E-state index < -0.39 is 6.04 Å². The average Bonchev–Trinajstić information content (AvgIpc) is 2.28. The number of hydrogen-bond acceptors (Lipinski definition) is 4. The molecule has 94 valence electrons. The maximum absolute atomic E-state index is 11.6. The second kappa shape index (κ2) is 6.58. The lowest BCUT2D eigenvalue weighted by atomic mass is 10.2. The summed E-state index contributed by atoms with van der Waals surface area (Å²) < 4.78 is 10.7. The third-order valence-electron chi connectivity index (χ3n) is 2.06. The lowest BCUT2D eigenvalue weighted by Gasteiger charge is -2.12. The summed E-state index contributed by atoms with van der Waals surface area (Å²) in [5, 5.41) is 2.69. The van der Waals surface area contributed by atoms with Gasteiger partial charge in [-0.1, -0.05) is 15.9 Å². The second-order valence-corrected chi connectivity index (χ2v) is 4.35. The molecule has 1 atom stereocenters. The maximum atomic E-state index is 11.6. The van der Waals surface area contributed by atoms with Crippen molar-refractivity contribution in [2.75, 3.05) is 26.1 Å². The Labute approximate surface area is 108 Å². The molecule has 0 aliphatic rings. The molecule has 1 unspecified atom stereocenters. The van der Waals surface area contributed by atoms with E-state index >= 15 is 0 Å². The smallest absolute Gasteiger partial charge is 0.243 e. The Bertz CT molecular complexity index is 398. The van der Waals surface area contributed by atoms with Gasteiger partial charge in [-0.25, -0.2) is 0 Å². The van der Waals surface area contributed by atoms with Crippen molar-refractivity contribution in [2.24, 2.45) is 5.73 Å². The Morgan fingerprint density at radius 1 is 1.47 bits per heavy atom. The van der Waals surface area contributed by atoms with Crippen molar-refractivity contribution in [1.82, 2.24) is 0 Å². The number of methoxy groups -OCH3 is 2. The number of ether oxygens (including phenoxy) is 2. The van der Waals surface area contributed by atoms with Gasteiger partial charge in [0.05, 0.1) is 13.7 Å². The number of amides is 1. The second-order valence-electron chi connectivity index (χ2n) is 3.43. The summed E-state index contributed by atoms with van der Waals surface area (Å²) in [5.74, 6) is 0.349. The van der Waals surface area contributed by atoms with Crippen LogP contribution in [0.2, 0.25) is 0 Å². The molecule has 0 radical (unpaired) electrons. The van der Waals surface area contributed by atoms with E-state index in [1.54, 1.807) is 25.3 Å². The summed E-state index contributed by atoms with van der Waals surface area (Å²) >= 11 is 3.32. The number of rotatable bonds is 5. The number of hydrogen-bond donors (Lipinski definition) is 2. The van der Waals surface area contributed by atoms with Gasteiger partial charge in [-0.15, -0.1) is 0 Å². The molecule has 0 heterocycles. The molecular weight excluding hydrogens is 288 g/mol. The number of benzene rings is 1. The highest BCUT2D eigenvalue weighted by molar-refractivity contribution is 9.10. The molecule has 0 aromatic heterocycles. The van der Waals surface area contributed by atoms with E-state index in [2.05, 4.69) is 21.2 Å². The van der Waals surface area contributed by atoms with Crippen LogP contribution >= 0.6 is 15.9 Å². The Kier molecular flexibility index (Phi) is 5.40. The number of nitrogens with one attached hydrogen (secondary N) is 1. The minimum Gasteiger partial charge on any atom is -0.497 e. The van der Waals surface area contributed by atoms with E-state index in [4.69, 9.17) is 15.2 Å². The van der Waals surface area contributed by atoms with Crippen LogP contribution < -0.4 is 15.8 Å².